The summed E-state index contributed by atoms with van der Waals surface area (Å²) in [5.41, 5.74) is 0.226. The molecular weight excluding hydrogens is 228 g/mol. The summed E-state index contributed by atoms with van der Waals surface area (Å²) in [6.45, 7) is 0. The topological polar surface area (TPSA) is 52.6 Å². The van der Waals surface area contributed by atoms with Gasteiger partial charge in [-0.15, -0.1) is 0 Å². The fraction of sp³-hybridized carbons (Fsp3) is 0.429. The average molecular weight is 237 g/mol. The molecule has 4 nitrogen and oxygen atoms in total. The molecule has 0 aliphatic heterocycles. The number of ether oxygens (including phenoxy) is 2. The SMILES string of the molecule is COC(=O)C=C(CBr)C(=O)OC. The summed E-state index contributed by atoms with van der Waals surface area (Å²) >= 11 is 3.04. The first-order valence-electron chi connectivity index (χ1n) is 3.08. The number of alkyl halides is 1. The molecule has 0 heterocycles. The fourth-order valence-electron chi connectivity index (χ4n) is 0.484. The number of hydrogen-bond acceptors (Lipinski definition) is 4. The van der Waals surface area contributed by atoms with Crippen LogP contribution in [0.1, 0.15) is 0 Å². The van der Waals surface area contributed by atoms with Gasteiger partial charge in [-0.1, -0.05) is 15.9 Å². The van der Waals surface area contributed by atoms with Crippen molar-refractivity contribution in [2.45, 2.75) is 0 Å². The maximum Gasteiger partial charge on any atom is 0.334 e. The lowest BCUT2D eigenvalue weighted by Gasteiger charge is -1.99. The van der Waals surface area contributed by atoms with Crippen LogP contribution < -0.4 is 0 Å². The molecule has 0 aromatic rings. The third-order valence-corrected chi connectivity index (χ3v) is 1.69. The van der Waals surface area contributed by atoms with E-state index in [4.69, 9.17) is 0 Å². The van der Waals surface area contributed by atoms with Crippen LogP contribution in [0.4, 0.5) is 0 Å². The summed E-state index contributed by atoms with van der Waals surface area (Å²) < 4.78 is 8.74. The monoisotopic (exact) mass is 236 g/mol. The summed E-state index contributed by atoms with van der Waals surface area (Å²) in [4.78, 5) is 21.5. The molecule has 5 heteroatoms. The van der Waals surface area contributed by atoms with Crippen molar-refractivity contribution in [1.82, 2.24) is 0 Å². The summed E-state index contributed by atoms with van der Waals surface area (Å²) in [6.07, 6.45) is 1.08. The molecule has 12 heavy (non-hydrogen) atoms. The average Bonchev–Trinajstić information content (AvgIpc) is 2.12. The molecule has 0 aromatic heterocycles. The van der Waals surface area contributed by atoms with Crippen molar-refractivity contribution in [1.29, 1.82) is 0 Å². The maximum atomic E-state index is 10.9. The zero-order valence-electron chi connectivity index (χ0n) is 6.80. The molecule has 0 atom stereocenters. The van der Waals surface area contributed by atoms with E-state index in [0.717, 1.165) is 6.08 Å². The van der Waals surface area contributed by atoms with Crippen LogP contribution in [0.25, 0.3) is 0 Å². The molecule has 0 aromatic carbocycles. The van der Waals surface area contributed by atoms with Crippen LogP contribution in [0.15, 0.2) is 11.6 Å². The highest BCUT2D eigenvalue weighted by molar-refractivity contribution is 9.09. The van der Waals surface area contributed by atoms with Crippen molar-refractivity contribution in [2.75, 3.05) is 19.5 Å². The van der Waals surface area contributed by atoms with Gasteiger partial charge in [0.15, 0.2) is 0 Å². The molecule has 0 aliphatic carbocycles. The fourth-order valence-corrected chi connectivity index (χ4v) is 0.875. The normalized spacial score (nSPS) is 10.8. The van der Waals surface area contributed by atoms with Crippen LogP contribution in [-0.4, -0.2) is 31.5 Å². The van der Waals surface area contributed by atoms with Crippen LogP contribution in [0.3, 0.4) is 0 Å². The van der Waals surface area contributed by atoms with Gasteiger partial charge < -0.3 is 9.47 Å². The predicted octanol–water partition coefficient (Wildman–Crippen LogP) is 0.654. The molecule has 0 fully saturated rings. The molecule has 0 aliphatic rings. The molecule has 0 saturated heterocycles. The second kappa shape index (κ2) is 5.77. The third-order valence-electron chi connectivity index (χ3n) is 1.08. The van der Waals surface area contributed by atoms with Gasteiger partial charge in [0.2, 0.25) is 0 Å². The Morgan fingerprint density at radius 3 is 2.25 bits per heavy atom. The van der Waals surface area contributed by atoms with Gasteiger partial charge in [-0.05, 0) is 0 Å². The Kier molecular flexibility index (Phi) is 5.36. The van der Waals surface area contributed by atoms with Crippen LogP contribution in [-0.2, 0) is 19.1 Å². The van der Waals surface area contributed by atoms with Gasteiger partial charge >= 0.3 is 11.9 Å². The largest absolute Gasteiger partial charge is 0.466 e. The van der Waals surface area contributed by atoms with Crippen molar-refractivity contribution in [3.63, 3.8) is 0 Å². The van der Waals surface area contributed by atoms with E-state index in [9.17, 15) is 9.59 Å². The predicted molar refractivity (Wildman–Crippen MR) is 45.9 cm³/mol. The molecule has 0 rings (SSSR count). The highest BCUT2D eigenvalue weighted by atomic mass is 79.9. The van der Waals surface area contributed by atoms with Gasteiger partial charge in [0.25, 0.3) is 0 Å². The first-order valence-corrected chi connectivity index (χ1v) is 4.20. The highest BCUT2D eigenvalue weighted by Gasteiger charge is 2.09. The Labute approximate surface area is 78.7 Å². The summed E-state index contributed by atoms with van der Waals surface area (Å²) in [6, 6.07) is 0. The van der Waals surface area contributed by atoms with E-state index < -0.39 is 11.9 Å². The van der Waals surface area contributed by atoms with Crippen molar-refractivity contribution >= 4 is 27.9 Å². The molecule has 0 unspecified atom stereocenters. The Hall–Kier alpha value is -0.840. The van der Waals surface area contributed by atoms with Crippen molar-refractivity contribution in [3.8, 4) is 0 Å². The van der Waals surface area contributed by atoms with E-state index in [1.807, 2.05) is 0 Å². The minimum atomic E-state index is -0.574. The van der Waals surface area contributed by atoms with Crippen molar-refractivity contribution in [2.24, 2.45) is 0 Å². The second-order valence-corrected chi connectivity index (χ2v) is 2.38. The van der Waals surface area contributed by atoms with E-state index >= 15 is 0 Å². The molecule has 0 bridgehead atoms. The molecule has 0 saturated carbocycles. The molecule has 68 valence electrons. The third kappa shape index (κ3) is 3.52. The lowest BCUT2D eigenvalue weighted by molar-refractivity contribution is -0.138. The van der Waals surface area contributed by atoms with E-state index in [2.05, 4.69) is 25.4 Å². The summed E-state index contributed by atoms with van der Waals surface area (Å²) in [7, 11) is 2.48. The molecule has 0 N–H and O–H groups in total. The van der Waals surface area contributed by atoms with Crippen LogP contribution in [0, 0.1) is 0 Å². The molecule has 0 amide bonds. The quantitative estimate of drug-likeness (QED) is 0.411. The van der Waals surface area contributed by atoms with Crippen LogP contribution in [0.2, 0.25) is 0 Å². The lowest BCUT2D eigenvalue weighted by atomic mass is 10.3. The van der Waals surface area contributed by atoms with Crippen molar-refractivity contribution < 1.29 is 19.1 Å². The zero-order valence-corrected chi connectivity index (χ0v) is 8.38. The first-order chi connectivity index (χ1) is 5.65. The Balaban J connectivity index is 4.43. The lowest BCUT2D eigenvalue weighted by Crippen LogP contribution is -2.09. The van der Waals surface area contributed by atoms with Gasteiger partial charge in [0.05, 0.1) is 19.8 Å². The van der Waals surface area contributed by atoms with Gasteiger partial charge in [0.1, 0.15) is 0 Å². The van der Waals surface area contributed by atoms with E-state index in [0.29, 0.717) is 0 Å². The maximum absolute atomic E-state index is 10.9. The Bertz CT molecular complexity index is 209. The summed E-state index contributed by atoms with van der Waals surface area (Å²) in [5.74, 6) is -1.12. The number of carbonyl (C=O) groups is 2. The number of rotatable bonds is 3. The molecule has 0 radical (unpaired) electrons. The minimum absolute atomic E-state index is 0.226. The number of methoxy groups -OCH3 is 2. The van der Waals surface area contributed by atoms with Gasteiger partial charge in [0, 0.05) is 11.4 Å². The minimum Gasteiger partial charge on any atom is -0.466 e. The molecule has 0 spiro atoms. The van der Waals surface area contributed by atoms with Gasteiger partial charge in [-0.3, -0.25) is 0 Å². The number of esters is 2. The number of hydrogen-bond donors (Lipinski definition) is 0. The number of halogens is 1. The van der Waals surface area contributed by atoms with Crippen LogP contribution in [0.5, 0.6) is 0 Å². The molecular formula is C7H9BrO4. The van der Waals surface area contributed by atoms with E-state index in [1.54, 1.807) is 0 Å². The van der Waals surface area contributed by atoms with Gasteiger partial charge in [-0.2, -0.15) is 0 Å². The second-order valence-electron chi connectivity index (χ2n) is 1.82. The zero-order chi connectivity index (χ0) is 9.56. The number of carbonyl (C=O) groups excluding carboxylic acids is 2. The van der Waals surface area contributed by atoms with Crippen LogP contribution >= 0.6 is 15.9 Å². The Morgan fingerprint density at radius 1 is 1.33 bits per heavy atom. The first kappa shape index (κ1) is 11.2. The van der Waals surface area contributed by atoms with Crippen molar-refractivity contribution in [3.05, 3.63) is 11.6 Å². The standard InChI is InChI=1S/C7H9BrO4/c1-11-6(9)3-5(4-8)7(10)12-2/h3H,4H2,1-2H3. The highest BCUT2D eigenvalue weighted by Crippen LogP contribution is 2.02. The Morgan fingerprint density at radius 2 is 1.92 bits per heavy atom. The van der Waals surface area contributed by atoms with E-state index in [1.165, 1.54) is 14.2 Å². The smallest absolute Gasteiger partial charge is 0.334 e. The van der Waals surface area contributed by atoms with E-state index in [-0.39, 0.29) is 10.9 Å². The summed E-state index contributed by atoms with van der Waals surface area (Å²) in [5, 5.41) is 0.259. The van der Waals surface area contributed by atoms with Gasteiger partial charge in [-0.25, -0.2) is 9.59 Å².